The highest BCUT2D eigenvalue weighted by molar-refractivity contribution is 9.10. The minimum Gasteiger partial charge on any atom is -0.319 e. The van der Waals surface area contributed by atoms with Crippen LogP contribution in [0.1, 0.15) is 12.6 Å². The molecule has 1 aromatic heterocycles. The summed E-state index contributed by atoms with van der Waals surface area (Å²) in [4.78, 5) is 26.5. The van der Waals surface area contributed by atoms with Gasteiger partial charge in [0.2, 0.25) is 5.91 Å². The molecular formula is C20H20BrN3O2S. The second-order valence-corrected chi connectivity index (χ2v) is 8.47. The van der Waals surface area contributed by atoms with Gasteiger partial charge in [-0.1, -0.05) is 34.1 Å². The predicted molar refractivity (Wildman–Crippen MR) is 114 cm³/mol. The van der Waals surface area contributed by atoms with Crippen LogP contribution >= 0.6 is 27.7 Å². The highest BCUT2D eigenvalue weighted by Gasteiger charge is 2.21. The molecule has 1 heterocycles. The zero-order valence-corrected chi connectivity index (χ0v) is 17.7. The van der Waals surface area contributed by atoms with Gasteiger partial charge in [-0.25, -0.2) is 4.68 Å². The molecule has 2 aromatic carbocycles. The summed E-state index contributed by atoms with van der Waals surface area (Å²) in [7, 11) is 1.80. The zero-order chi connectivity index (χ0) is 19.6. The van der Waals surface area contributed by atoms with E-state index in [1.807, 2.05) is 68.4 Å². The number of anilines is 1. The van der Waals surface area contributed by atoms with Crippen LogP contribution in [0.4, 0.5) is 5.69 Å². The van der Waals surface area contributed by atoms with E-state index in [1.54, 1.807) is 16.4 Å². The van der Waals surface area contributed by atoms with Gasteiger partial charge in [-0.15, -0.1) is 11.8 Å². The highest BCUT2D eigenvalue weighted by atomic mass is 79.9. The monoisotopic (exact) mass is 445 g/mol. The van der Waals surface area contributed by atoms with E-state index < -0.39 is 0 Å². The summed E-state index contributed by atoms with van der Waals surface area (Å²) in [6.45, 7) is 3.65. The number of amides is 1. The molecule has 1 unspecified atom stereocenters. The third kappa shape index (κ3) is 4.20. The van der Waals surface area contributed by atoms with Crippen molar-refractivity contribution in [2.45, 2.75) is 24.0 Å². The Morgan fingerprint density at radius 2 is 1.74 bits per heavy atom. The van der Waals surface area contributed by atoms with Crippen molar-refractivity contribution in [3.05, 3.63) is 75.1 Å². The molecule has 27 heavy (non-hydrogen) atoms. The summed E-state index contributed by atoms with van der Waals surface area (Å²) in [5.74, 6) is -0.200. The first kappa shape index (κ1) is 19.5. The van der Waals surface area contributed by atoms with Crippen LogP contribution in [0.25, 0.3) is 5.69 Å². The fraction of sp³-hybridized carbons (Fsp3) is 0.200. The topological polar surface area (TPSA) is 56.0 Å². The zero-order valence-electron chi connectivity index (χ0n) is 15.3. The summed E-state index contributed by atoms with van der Waals surface area (Å²) < 4.78 is 4.29. The standard InChI is InChI=1S/C20H20BrN3O2S/c1-13-18(20(26)24(23(13)3)16-7-5-4-6-8-16)22-19(25)14(2)27-17-11-9-15(21)10-12-17/h4-12,14H,1-3H3,(H,22,25). The smallest absolute Gasteiger partial charge is 0.295 e. The molecule has 1 N–H and O–H groups in total. The second kappa shape index (κ2) is 8.19. The first-order valence-electron chi connectivity index (χ1n) is 8.45. The van der Waals surface area contributed by atoms with Gasteiger partial charge >= 0.3 is 0 Å². The number of aromatic nitrogens is 2. The molecular weight excluding hydrogens is 426 g/mol. The molecule has 140 valence electrons. The van der Waals surface area contributed by atoms with Gasteiger partial charge in [0.15, 0.2) is 0 Å². The van der Waals surface area contributed by atoms with Crippen LogP contribution < -0.4 is 10.9 Å². The summed E-state index contributed by atoms with van der Waals surface area (Å²) >= 11 is 4.85. The largest absolute Gasteiger partial charge is 0.319 e. The molecule has 1 amide bonds. The van der Waals surface area contributed by atoms with Crippen LogP contribution in [-0.4, -0.2) is 20.5 Å². The Hall–Kier alpha value is -2.25. The maximum Gasteiger partial charge on any atom is 0.295 e. The Morgan fingerprint density at radius 1 is 1.11 bits per heavy atom. The van der Waals surface area contributed by atoms with Gasteiger partial charge in [-0.2, -0.15) is 0 Å². The SMILES string of the molecule is Cc1c(NC(=O)C(C)Sc2ccc(Br)cc2)c(=O)n(-c2ccccc2)n1C. The number of carbonyl (C=O) groups excluding carboxylic acids is 1. The molecule has 0 bridgehead atoms. The summed E-state index contributed by atoms with van der Waals surface area (Å²) in [6.07, 6.45) is 0. The fourth-order valence-electron chi connectivity index (χ4n) is 2.71. The fourth-order valence-corrected chi connectivity index (χ4v) is 3.84. The lowest BCUT2D eigenvalue weighted by molar-refractivity contribution is -0.115. The van der Waals surface area contributed by atoms with E-state index in [4.69, 9.17) is 0 Å². The van der Waals surface area contributed by atoms with Gasteiger partial charge in [0, 0.05) is 16.4 Å². The molecule has 0 saturated carbocycles. The predicted octanol–water partition coefficient (Wildman–Crippen LogP) is 4.37. The molecule has 5 nitrogen and oxygen atoms in total. The molecule has 3 aromatic rings. The van der Waals surface area contributed by atoms with Crippen LogP contribution in [0, 0.1) is 6.92 Å². The quantitative estimate of drug-likeness (QED) is 0.593. The van der Waals surface area contributed by atoms with E-state index in [9.17, 15) is 9.59 Å². The number of thioether (sulfide) groups is 1. The van der Waals surface area contributed by atoms with Crippen molar-refractivity contribution >= 4 is 39.3 Å². The van der Waals surface area contributed by atoms with E-state index in [2.05, 4.69) is 21.2 Å². The maximum absolute atomic E-state index is 12.9. The Kier molecular flexibility index (Phi) is 5.92. The summed E-state index contributed by atoms with van der Waals surface area (Å²) in [5, 5.41) is 2.48. The average Bonchev–Trinajstić information content (AvgIpc) is 2.87. The number of nitrogens with one attached hydrogen (secondary N) is 1. The lowest BCUT2D eigenvalue weighted by atomic mass is 10.3. The normalized spacial score (nSPS) is 12.0. The number of rotatable bonds is 5. The van der Waals surface area contributed by atoms with Crippen molar-refractivity contribution in [2.75, 3.05) is 5.32 Å². The van der Waals surface area contributed by atoms with E-state index in [0.717, 1.165) is 15.1 Å². The molecule has 0 fully saturated rings. The molecule has 7 heteroatoms. The molecule has 1 atom stereocenters. The molecule has 0 aliphatic rings. The van der Waals surface area contributed by atoms with Crippen molar-refractivity contribution in [3.63, 3.8) is 0 Å². The second-order valence-electron chi connectivity index (χ2n) is 6.14. The Morgan fingerprint density at radius 3 is 2.37 bits per heavy atom. The molecule has 0 aliphatic heterocycles. The van der Waals surface area contributed by atoms with Crippen LogP contribution in [0.5, 0.6) is 0 Å². The van der Waals surface area contributed by atoms with Crippen molar-refractivity contribution < 1.29 is 4.79 Å². The lowest BCUT2D eigenvalue weighted by Crippen LogP contribution is -2.27. The van der Waals surface area contributed by atoms with Crippen molar-refractivity contribution in [2.24, 2.45) is 7.05 Å². The van der Waals surface area contributed by atoms with Gasteiger partial charge in [0.25, 0.3) is 5.56 Å². The molecule has 0 radical (unpaired) electrons. The highest BCUT2D eigenvalue weighted by Crippen LogP contribution is 2.26. The van der Waals surface area contributed by atoms with Crippen LogP contribution in [0.15, 0.2) is 68.8 Å². The van der Waals surface area contributed by atoms with Gasteiger partial charge in [-0.05, 0) is 50.2 Å². The van der Waals surface area contributed by atoms with E-state index in [0.29, 0.717) is 11.4 Å². The third-order valence-corrected chi connectivity index (χ3v) is 5.94. The van der Waals surface area contributed by atoms with E-state index in [-0.39, 0.29) is 16.7 Å². The number of hydrogen-bond donors (Lipinski definition) is 1. The number of para-hydroxylation sites is 1. The van der Waals surface area contributed by atoms with Crippen LogP contribution in [0.3, 0.4) is 0 Å². The van der Waals surface area contributed by atoms with Gasteiger partial charge in [0.1, 0.15) is 5.69 Å². The molecule has 0 spiro atoms. The number of hydrogen-bond acceptors (Lipinski definition) is 3. The number of nitrogens with zero attached hydrogens (tertiary/aromatic N) is 2. The lowest BCUT2D eigenvalue weighted by Gasteiger charge is -2.11. The van der Waals surface area contributed by atoms with E-state index >= 15 is 0 Å². The first-order valence-corrected chi connectivity index (χ1v) is 10.1. The van der Waals surface area contributed by atoms with Gasteiger partial charge in [0.05, 0.1) is 16.6 Å². The summed E-state index contributed by atoms with van der Waals surface area (Å²) in [5.41, 5.74) is 1.54. The molecule has 0 saturated heterocycles. The average molecular weight is 446 g/mol. The Labute approximate surface area is 170 Å². The number of halogens is 1. The Balaban J connectivity index is 1.82. The van der Waals surface area contributed by atoms with Crippen molar-refractivity contribution in [3.8, 4) is 5.69 Å². The number of benzene rings is 2. The van der Waals surface area contributed by atoms with Gasteiger partial charge < -0.3 is 5.32 Å². The van der Waals surface area contributed by atoms with Crippen molar-refractivity contribution in [1.82, 2.24) is 9.36 Å². The maximum atomic E-state index is 12.9. The Bertz CT molecular complexity index is 1010. The minimum absolute atomic E-state index is 0.200. The first-order chi connectivity index (χ1) is 12.9. The van der Waals surface area contributed by atoms with Crippen LogP contribution in [-0.2, 0) is 11.8 Å². The van der Waals surface area contributed by atoms with Gasteiger partial charge in [-0.3, -0.25) is 14.3 Å². The summed E-state index contributed by atoms with van der Waals surface area (Å²) in [6, 6.07) is 17.1. The van der Waals surface area contributed by atoms with Crippen LogP contribution in [0.2, 0.25) is 0 Å². The number of carbonyl (C=O) groups is 1. The van der Waals surface area contributed by atoms with E-state index in [1.165, 1.54) is 11.8 Å². The molecule has 3 rings (SSSR count). The third-order valence-electron chi connectivity index (χ3n) is 4.30. The van der Waals surface area contributed by atoms with Crippen molar-refractivity contribution in [1.29, 1.82) is 0 Å². The molecule has 0 aliphatic carbocycles. The minimum atomic E-state index is -0.338.